The van der Waals surface area contributed by atoms with Crippen LogP contribution in [0.1, 0.15) is 31.7 Å². The number of hydrogen-bond donors (Lipinski definition) is 2. The van der Waals surface area contributed by atoms with Crippen molar-refractivity contribution in [2.75, 3.05) is 0 Å². The van der Waals surface area contributed by atoms with Crippen molar-refractivity contribution < 1.29 is 9.59 Å². The quantitative estimate of drug-likeness (QED) is 0.771. The summed E-state index contributed by atoms with van der Waals surface area (Å²) < 4.78 is 0. The van der Waals surface area contributed by atoms with Gasteiger partial charge < -0.3 is 11.5 Å². The van der Waals surface area contributed by atoms with Crippen molar-refractivity contribution in [3.05, 3.63) is 35.9 Å². The smallest absolute Gasteiger partial charge is 0.228 e. The van der Waals surface area contributed by atoms with Crippen molar-refractivity contribution in [3.8, 4) is 0 Å². The Hall–Kier alpha value is -1.84. The van der Waals surface area contributed by atoms with Gasteiger partial charge in [0.05, 0.1) is 5.41 Å². The minimum absolute atomic E-state index is 0.0415. The van der Waals surface area contributed by atoms with Crippen molar-refractivity contribution in [2.45, 2.75) is 31.6 Å². The van der Waals surface area contributed by atoms with E-state index in [4.69, 9.17) is 11.5 Å². The number of amides is 2. The van der Waals surface area contributed by atoms with Crippen LogP contribution in [0.4, 0.5) is 0 Å². The number of carbonyl (C=O) groups is 2. The van der Waals surface area contributed by atoms with Crippen LogP contribution in [0.15, 0.2) is 30.3 Å². The number of benzene rings is 1. The minimum atomic E-state index is -0.970. The molecule has 4 heteroatoms. The molecule has 1 rings (SSSR count). The summed E-state index contributed by atoms with van der Waals surface area (Å²) in [5.41, 5.74) is 10.5. The number of primary amides is 2. The summed E-state index contributed by atoms with van der Waals surface area (Å²) in [5, 5.41) is 0. The van der Waals surface area contributed by atoms with Gasteiger partial charge in [-0.3, -0.25) is 9.59 Å². The van der Waals surface area contributed by atoms with E-state index in [2.05, 4.69) is 0 Å². The second kappa shape index (κ2) is 5.48. The maximum atomic E-state index is 11.8. The van der Waals surface area contributed by atoms with E-state index in [1.165, 1.54) is 0 Å². The predicted molar refractivity (Wildman–Crippen MR) is 66.0 cm³/mol. The van der Waals surface area contributed by atoms with E-state index in [0.717, 1.165) is 12.0 Å². The fraction of sp³-hybridized carbons (Fsp3) is 0.385. The zero-order valence-electron chi connectivity index (χ0n) is 9.98. The summed E-state index contributed by atoms with van der Waals surface area (Å²) in [6.07, 6.45) is 1.24. The predicted octanol–water partition coefficient (Wildman–Crippen LogP) is 1.09. The number of nitrogens with two attached hydrogens (primary N) is 2. The molecular weight excluding hydrogens is 216 g/mol. The van der Waals surface area contributed by atoms with Gasteiger partial charge in [0, 0.05) is 6.42 Å². The van der Waals surface area contributed by atoms with Gasteiger partial charge in [-0.15, -0.1) is 0 Å². The second-order valence-electron chi connectivity index (χ2n) is 4.21. The Morgan fingerprint density at radius 1 is 1.18 bits per heavy atom. The van der Waals surface area contributed by atoms with Gasteiger partial charge in [0.15, 0.2) is 0 Å². The normalized spacial score (nSPS) is 13.9. The highest BCUT2D eigenvalue weighted by Gasteiger charge is 2.39. The molecule has 0 fully saturated rings. The molecular formula is C13H18N2O2. The van der Waals surface area contributed by atoms with Gasteiger partial charge in [0.2, 0.25) is 11.8 Å². The van der Waals surface area contributed by atoms with Crippen molar-refractivity contribution in [2.24, 2.45) is 11.5 Å². The molecule has 1 aromatic carbocycles. The fourth-order valence-electron chi connectivity index (χ4n) is 2.17. The second-order valence-corrected chi connectivity index (χ2v) is 4.21. The molecule has 0 radical (unpaired) electrons. The van der Waals surface area contributed by atoms with Crippen LogP contribution in [-0.2, 0) is 15.0 Å². The summed E-state index contributed by atoms with van der Waals surface area (Å²) in [6, 6.07) is 9.12. The van der Waals surface area contributed by atoms with Gasteiger partial charge in [-0.05, 0) is 12.0 Å². The summed E-state index contributed by atoms with van der Waals surface area (Å²) in [5.74, 6) is -1.01. The fourth-order valence-corrected chi connectivity index (χ4v) is 2.17. The average Bonchev–Trinajstić information content (AvgIpc) is 2.28. The summed E-state index contributed by atoms with van der Waals surface area (Å²) in [6.45, 7) is 1.95. The Balaban J connectivity index is 3.24. The van der Waals surface area contributed by atoms with Gasteiger partial charge in [-0.1, -0.05) is 43.7 Å². The van der Waals surface area contributed by atoms with E-state index in [-0.39, 0.29) is 6.42 Å². The summed E-state index contributed by atoms with van der Waals surface area (Å²) >= 11 is 0. The van der Waals surface area contributed by atoms with Crippen molar-refractivity contribution >= 4 is 11.8 Å². The lowest BCUT2D eigenvalue weighted by atomic mass is 9.73. The van der Waals surface area contributed by atoms with E-state index < -0.39 is 17.2 Å². The minimum Gasteiger partial charge on any atom is -0.370 e. The largest absolute Gasteiger partial charge is 0.370 e. The monoisotopic (exact) mass is 234 g/mol. The Morgan fingerprint density at radius 3 is 2.18 bits per heavy atom. The molecule has 92 valence electrons. The van der Waals surface area contributed by atoms with Crippen molar-refractivity contribution in [1.82, 2.24) is 0 Å². The molecule has 0 aromatic heterocycles. The highest BCUT2D eigenvalue weighted by molar-refractivity contribution is 5.92. The van der Waals surface area contributed by atoms with Crippen LogP contribution >= 0.6 is 0 Å². The molecule has 0 saturated carbocycles. The third kappa shape index (κ3) is 2.84. The summed E-state index contributed by atoms with van der Waals surface area (Å²) in [7, 11) is 0. The number of carbonyl (C=O) groups excluding carboxylic acids is 2. The van der Waals surface area contributed by atoms with Gasteiger partial charge in [0.25, 0.3) is 0 Å². The molecule has 0 aliphatic rings. The molecule has 4 N–H and O–H groups in total. The highest BCUT2D eigenvalue weighted by Crippen LogP contribution is 2.32. The molecule has 0 spiro atoms. The van der Waals surface area contributed by atoms with Crippen LogP contribution < -0.4 is 11.5 Å². The van der Waals surface area contributed by atoms with Crippen LogP contribution in [0.2, 0.25) is 0 Å². The third-order valence-electron chi connectivity index (χ3n) is 2.95. The lowest BCUT2D eigenvalue weighted by Crippen LogP contribution is -2.44. The maximum absolute atomic E-state index is 11.8. The molecule has 0 unspecified atom stereocenters. The molecule has 17 heavy (non-hydrogen) atoms. The lowest BCUT2D eigenvalue weighted by Gasteiger charge is -2.29. The van der Waals surface area contributed by atoms with E-state index in [9.17, 15) is 9.59 Å². The standard InChI is InChI=1S/C13H18N2O2/c1-2-8-13(12(15)17,9-11(14)16)10-6-4-3-5-7-10/h3-7H,2,8-9H2,1H3,(H2,14,16)(H2,15,17)/t13-/m1/s1. The van der Waals surface area contributed by atoms with Gasteiger partial charge in [0.1, 0.15) is 0 Å². The highest BCUT2D eigenvalue weighted by atomic mass is 16.2. The topological polar surface area (TPSA) is 86.2 Å². The number of hydrogen-bond acceptors (Lipinski definition) is 2. The number of rotatable bonds is 6. The lowest BCUT2D eigenvalue weighted by molar-refractivity contribution is -0.129. The summed E-state index contributed by atoms with van der Waals surface area (Å²) in [4.78, 5) is 22.9. The van der Waals surface area contributed by atoms with Gasteiger partial charge in [-0.25, -0.2) is 0 Å². The molecule has 1 atom stereocenters. The first-order valence-corrected chi connectivity index (χ1v) is 5.66. The van der Waals surface area contributed by atoms with E-state index >= 15 is 0 Å². The first-order chi connectivity index (χ1) is 8.03. The first kappa shape index (κ1) is 13.2. The van der Waals surface area contributed by atoms with Crippen LogP contribution in [0.5, 0.6) is 0 Å². The Kier molecular flexibility index (Phi) is 4.26. The van der Waals surface area contributed by atoms with E-state index in [1.54, 1.807) is 0 Å². The molecule has 0 aliphatic carbocycles. The molecule has 0 heterocycles. The zero-order chi connectivity index (χ0) is 12.9. The molecule has 4 nitrogen and oxygen atoms in total. The molecule has 0 saturated heterocycles. The first-order valence-electron chi connectivity index (χ1n) is 5.66. The maximum Gasteiger partial charge on any atom is 0.228 e. The Labute approximate surface area is 101 Å². The van der Waals surface area contributed by atoms with Crippen LogP contribution in [0, 0.1) is 0 Å². The molecule has 1 aromatic rings. The zero-order valence-corrected chi connectivity index (χ0v) is 9.98. The molecule has 0 aliphatic heterocycles. The Morgan fingerprint density at radius 2 is 1.76 bits per heavy atom. The van der Waals surface area contributed by atoms with Crippen molar-refractivity contribution in [3.63, 3.8) is 0 Å². The van der Waals surface area contributed by atoms with Crippen LogP contribution in [0.3, 0.4) is 0 Å². The Bertz CT molecular complexity index is 403. The van der Waals surface area contributed by atoms with Crippen LogP contribution in [0.25, 0.3) is 0 Å². The van der Waals surface area contributed by atoms with E-state index in [0.29, 0.717) is 6.42 Å². The van der Waals surface area contributed by atoms with Crippen LogP contribution in [-0.4, -0.2) is 11.8 Å². The molecule has 0 bridgehead atoms. The van der Waals surface area contributed by atoms with Crippen molar-refractivity contribution in [1.29, 1.82) is 0 Å². The third-order valence-corrected chi connectivity index (χ3v) is 2.95. The van der Waals surface area contributed by atoms with Gasteiger partial charge in [-0.2, -0.15) is 0 Å². The SMILES string of the molecule is CCC[C@](CC(N)=O)(C(N)=O)c1ccccc1. The molecule has 2 amide bonds. The van der Waals surface area contributed by atoms with E-state index in [1.807, 2.05) is 37.3 Å². The average molecular weight is 234 g/mol. The van der Waals surface area contributed by atoms with Gasteiger partial charge >= 0.3 is 0 Å².